The van der Waals surface area contributed by atoms with E-state index in [0.29, 0.717) is 5.69 Å². The summed E-state index contributed by atoms with van der Waals surface area (Å²) in [6.07, 6.45) is 1.13. The highest BCUT2D eigenvalue weighted by Crippen LogP contribution is 2.22. The zero-order valence-corrected chi connectivity index (χ0v) is 13.4. The average molecular weight is 361 g/mol. The number of rotatable bonds is 5. The third-order valence-corrected chi connectivity index (χ3v) is 4.47. The summed E-state index contributed by atoms with van der Waals surface area (Å²) < 4.78 is 25.7. The fraction of sp³-hybridized carbons (Fsp3) is 0.167. The highest BCUT2D eigenvalue weighted by Gasteiger charge is 2.02. The summed E-state index contributed by atoms with van der Waals surface area (Å²) in [5.74, 6) is 0. The summed E-state index contributed by atoms with van der Waals surface area (Å²) in [6.45, 7) is 0.737. The van der Waals surface area contributed by atoms with Gasteiger partial charge >= 0.3 is 0 Å². The van der Waals surface area contributed by atoms with Crippen molar-refractivity contribution >= 4 is 48.7 Å². The van der Waals surface area contributed by atoms with Crippen molar-refractivity contribution in [2.75, 3.05) is 16.3 Å². The first-order chi connectivity index (χ1) is 8.92. The summed E-state index contributed by atoms with van der Waals surface area (Å²) >= 11 is 5.07. The molecule has 0 aliphatic carbocycles. The van der Waals surface area contributed by atoms with E-state index in [2.05, 4.69) is 37.4 Å². The van der Waals surface area contributed by atoms with E-state index in [4.69, 9.17) is 0 Å². The molecule has 0 radical (unpaired) electrons. The molecule has 2 rings (SSSR count). The Morgan fingerprint density at radius 1 is 1.21 bits per heavy atom. The molecule has 2 aromatic rings. The SMILES string of the molecule is CS(=O)(=O)Nc1ccc(NCc2csc(Br)c2)cc1. The lowest BCUT2D eigenvalue weighted by atomic mass is 10.2. The van der Waals surface area contributed by atoms with Crippen molar-refractivity contribution in [1.29, 1.82) is 0 Å². The van der Waals surface area contributed by atoms with Crippen LogP contribution in [0.1, 0.15) is 5.56 Å². The molecule has 4 nitrogen and oxygen atoms in total. The molecule has 0 bridgehead atoms. The monoisotopic (exact) mass is 360 g/mol. The molecule has 0 saturated heterocycles. The second kappa shape index (κ2) is 5.94. The Bertz CT molecular complexity index is 651. The van der Waals surface area contributed by atoms with Gasteiger partial charge in [0.1, 0.15) is 0 Å². The van der Waals surface area contributed by atoms with Crippen molar-refractivity contribution in [2.24, 2.45) is 0 Å². The molecule has 0 saturated carbocycles. The van der Waals surface area contributed by atoms with Crippen LogP contribution in [0.3, 0.4) is 0 Å². The van der Waals surface area contributed by atoms with Crippen molar-refractivity contribution in [3.63, 3.8) is 0 Å². The van der Waals surface area contributed by atoms with E-state index < -0.39 is 10.0 Å². The largest absolute Gasteiger partial charge is 0.381 e. The normalized spacial score (nSPS) is 11.3. The van der Waals surface area contributed by atoms with Gasteiger partial charge in [0, 0.05) is 17.9 Å². The molecule has 1 heterocycles. The zero-order chi connectivity index (χ0) is 13.9. The molecule has 0 fully saturated rings. The van der Waals surface area contributed by atoms with Crippen LogP contribution in [0.4, 0.5) is 11.4 Å². The number of halogens is 1. The molecule has 0 aliphatic rings. The number of sulfonamides is 1. The third kappa shape index (κ3) is 4.85. The topological polar surface area (TPSA) is 58.2 Å². The lowest BCUT2D eigenvalue weighted by molar-refractivity contribution is 0.607. The molecule has 1 aromatic carbocycles. The van der Waals surface area contributed by atoms with Crippen molar-refractivity contribution in [3.8, 4) is 0 Å². The first-order valence-corrected chi connectivity index (χ1v) is 9.03. The van der Waals surface area contributed by atoms with Crippen LogP contribution in [0.15, 0.2) is 39.5 Å². The van der Waals surface area contributed by atoms with E-state index in [1.165, 1.54) is 5.56 Å². The molecule has 0 atom stereocenters. The van der Waals surface area contributed by atoms with Crippen LogP contribution in [-0.4, -0.2) is 14.7 Å². The van der Waals surface area contributed by atoms with Gasteiger partial charge in [-0.25, -0.2) is 8.42 Å². The van der Waals surface area contributed by atoms with Crippen molar-refractivity contribution in [3.05, 3.63) is 45.1 Å². The summed E-state index contributed by atoms with van der Waals surface area (Å²) in [5, 5.41) is 5.35. The molecule has 0 amide bonds. The fourth-order valence-corrected chi connectivity index (χ4v) is 3.29. The van der Waals surface area contributed by atoms with Crippen molar-refractivity contribution < 1.29 is 8.42 Å². The van der Waals surface area contributed by atoms with Gasteiger partial charge in [-0.15, -0.1) is 11.3 Å². The predicted molar refractivity (Wildman–Crippen MR) is 84.3 cm³/mol. The van der Waals surface area contributed by atoms with E-state index in [1.807, 2.05) is 12.1 Å². The van der Waals surface area contributed by atoms with Crippen LogP contribution in [-0.2, 0) is 16.6 Å². The van der Waals surface area contributed by atoms with Crippen molar-refractivity contribution in [1.82, 2.24) is 0 Å². The molecule has 2 N–H and O–H groups in total. The maximum absolute atomic E-state index is 11.1. The Morgan fingerprint density at radius 2 is 1.84 bits per heavy atom. The Morgan fingerprint density at radius 3 is 2.37 bits per heavy atom. The summed E-state index contributed by atoms with van der Waals surface area (Å²) in [4.78, 5) is 0. The van der Waals surface area contributed by atoms with Crippen LogP contribution < -0.4 is 10.0 Å². The van der Waals surface area contributed by atoms with E-state index in [9.17, 15) is 8.42 Å². The molecule has 7 heteroatoms. The molecule has 0 aliphatic heterocycles. The van der Waals surface area contributed by atoms with Gasteiger partial charge in [0.05, 0.1) is 10.0 Å². The predicted octanol–water partition coefficient (Wildman–Crippen LogP) is 3.49. The molecule has 19 heavy (non-hydrogen) atoms. The van der Waals surface area contributed by atoms with Gasteiger partial charge in [-0.05, 0) is 57.2 Å². The number of hydrogen-bond donors (Lipinski definition) is 2. The van der Waals surface area contributed by atoms with E-state index in [-0.39, 0.29) is 0 Å². The number of benzene rings is 1. The van der Waals surface area contributed by atoms with Crippen LogP contribution in [0, 0.1) is 0 Å². The summed E-state index contributed by atoms with van der Waals surface area (Å²) in [5.41, 5.74) is 2.71. The Hall–Kier alpha value is -1.05. The van der Waals surface area contributed by atoms with E-state index >= 15 is 0 Å². The van der Waals surface area contributed by atoms with Gasteiger partial charge < -0.3 is 5.32 Å². The Balaban J connectivity index is 1.95. The molecule has 1 aromatic heterocycles. The minimum Gasteiger partial charge on any atom is -0.381 e. The Labute approximate surface area is 125 Å². The second-order valence-corrected chi connectivity index (χ2v) is 8.10. The maximum Gasteiger partial charge on any atom is 0.229 e. The standard InChI is InChI=1S/C12H13BrN2O2S2/c1-19(16,17)15-11-4-2-10(3-5-11)14-7-9-6-12(13)18-8-9/h2-6,8,14-15H,7H2,1H3. The lowest BCUT2D eigenvalue weighted by Crippen LogP contribution is -2.09. The second-order valence-electron chi connectivity index (χ2n) is 4.06. The number of anilines is 2. The van der Waals surface area contributed by atoms with E-state index in [1.54, 1.807) is 23.5 Å². The van der Waals surface area contributed by atoms with E-state index in [0.717, 1.165) is 22.3 Å². The van der Waals surface area contributed by atoms with Gasteiger partial charge in [0.15, 0.2) is 0 Å². The molecule has 102 valence electrons. The molecular weight excluding hydrogens is 348 g/mol. The number of thiophene rings is 1. The van der Waals surface area contributed by atoms with Gasteiger partial charge in [-0.1, -0.05) is 0 Å². The minimum atomic E-state index is -3.22. The zero-order valence-electron chi connectivity index (χ0n) is 10.2. The van der Waals surface area contributed by atoms with Crippen LogP contribution in [0.25, 0.3) is 0 Å². The maximum atomic E-state index is 11.1. The molecule has 0 spiro atoms. The number of nitrogens with one attached hydrogen (secondary N) is 2. The van der Waals surface area contributed by atoms with Gasteiger partial charge in [-0.3, -0.25) is 4.72 Å². The quantitative estimate of drug-likeness (QED) is 0.857. The smallest absolute Gasteiger partial charge is 0.229 e. The molecule has 0 unspecified atom stereocenters. The first kappa shape index (κ1) is 14.4. The highest BCUT2D eigenvalue weighted by atomic mass is 79.9. The minimum absolute atomic E-state index is 0.561. The first-order valence-electron chi connectivity index (χ1n) is 5.47. The van der Waals surface area contributed by atoms with Gasteiger partial charge in [-0.2, -0.15) is 0 Å². The number of hydrogen-bond acceptors (Lipinski definition) is 4. The van der Waals surface area contributed by atoms with Crippen molar-refractivity contribution in [2.45, 2.75) is 6.54 Å². The molecular formula is C12H13BrN2O2S2. The van der Waals surface area contributed by atoms with Gasteiger partial charge in [0.25, 0.3) is 0 Å². The highest BCUT2D eigenvalue weighted by molar-refractivity contribution is 9.11. The van der Waals surface area contributed by atoms with Crippen LogP contribution in [0.5, 0.6) is 0 Å². The summed E-state index contributed by atoms with van der Waals surface area (Å²) in [6, 6.07) is 9.21. The fourth-order valence-electron chi connectivity index (χ4n) is 1.51. The third-order valence-electron chi connectivity index (χ3n) is 2.31. The lowest BCUT2D eigenvalue weighted by Gasteiger charge is -2.07. The Kier molecular flexibility index (Phi) is 4.49. The summed E-state index contributed by atoms with van der Waals surface area (Å²) in [7, 11) is -3.22. The average Bonchev–Trinajstić information content (AvgIpc) is 2.72. The van der Waals surface area contributed by atoms with Gasteiger partial charge in [0.2, 0.25) is 10.0 Å². The van der Waals surface area contributed by atoms with Crippen LogP contribution >= 0.6 is 27.3 Å². The van der Waals surface area contributed by atoms with Crippen LogP contribution in [0.2, 0.25) is 0 Å².